The van der Waals surface area contributed by atoms with E-state index in [1.165, 1.54) is 24.3 Å². The molecule has 1 heterocycles. The van der Waals surface area contributed by atoms with Crippen LogP contribution >= 0.6 is 15.9 Å². The lowest BCUT2D eigenvalue weighted by molar-refractivity contribution is -0.385. The van der Waals surface area contributed by atoms with E-state index >= 15 is 0 Å². The summed E-state index contributed by atoms with van der Waals surface area (Å²) >= 11 is 3.17. The number of rotatable bonds is 4. The van der Waals surface area contributed by atoms with E-state index in [-0.39, 0.29) is 22.9 Å². The van der Waals surface area contributed by atoms with Gasteiger partial charge in [-0.2, -0.15) is 0 Å². The fourth-order valence-electron chi connectivity index (χ4n) is 1.41. The smallest absolute Gasteiger partial charge is 0.339 e. The number of benzene rings is 1. The number of aromatic nitrogens is 1. The Bertz CT molecular complexity index is 672. The van der Waals surface area contributed by atoms with Crippen LogP contribution in [0.25, 0.3) is 0 Å². The minimum atomic E-state index is -1.15. The van der Waals surface area contributed by atoms with Crippen LogP contribution in [0.5, 0.6) is 11.6 Å². The Labute approximate surface area is 121 Å². The Morgan fingerprint density at radius 3 is 2.65 bits per heavy atom. The van der Waals surface area contributed by atoms with Gasteiger partial charge in [-0.25, -0.2) is 9.78 Å². The molecule has 0 aliphatic carbocycles. The fraction of sp³-hybridized carbons (Fsp3) is 0. The van der Waals surface area contributed by atoms with Crippen LogP contribution in [-0.4, -0.2) is 21.0 Å². The fourth-order valence-corrected chi connectivity index (χ4v) is 1.77. The van der Waals surface area contributed by atoms with E-state index in [1.54, 1.807) is 6.07 Å². The molecule has 0 aliphatic rings. The Kier molecular flexibility index (Phi) is 3.94. The summed E-state index contributed by atoms with van der Waals surface area (Å²) in [5.41, 5.74) is -0.217. The van der Waals surface area contributed by atoms with E-state index in [2.05, 4.69) is 20.9 Å². The third kappa shape index (κ3) is 3.09. The van der Waals surface area contributed by atoms with Gasteiger partial charge in [0.05, 0.1) is 4.92 Å². The Morgan fingerprint density at radius 1 is 1.35 bits per heavy atom. The summed E-state index contributed by atoms with van der Waals surface area (Å²) in [6, 6.07) is 7.00. The highest BCUT2D eigenvalue weighted by Gasteiger charge is 2.14. The van der Waals surface area contributed by atoms with E-state index in [4.69, 9.17) is 9.84 Å². The molecule has 0 spiro atoms. The number of halogens is 1. The van der Waals surface area contributed by atoms with Gasteiger partial charge in [0.2, 0.25) is 5.88 Å². The average Bonchev–Trinajstić information content (AvgIpc) is 2.41. The van der Waals surface area contributed by atoms with Crippen molar-refractivity contribution in [2.24, 2.45) is 0 Å². The zero-order chi connectivity index (χ0) is 14.7. The van der Waals surface area contributed by atoms with Gasteiger partial charge in [-0.1, -0.05) is 15.9 Å². The molecule has 0 bridgehead atoms. The minimum Gasteiger partial charge on any atom is -0.478 e. The molecule has 2 rings (SSSR count). The first-order chi connectivity index (χ1) is 9.47. The maximum absolute atomic E-state index is 11.1. The van der Waals surface area contributed by atoms with Crippen LogP contribution in [0.15, 0.2) is 41.0 Å². The summed E-state index contributed by atoms with van der Waals surface area (Å²) in [4.78, 5) is 24.8. The second kappa shape index (κ2) is 5.66. The zero-order valence-corrected chi connectivity index (χ0v) is 11.4. The molecule has 1 aromatic heterocycles. The lowest BCUT2D eigenvalue weighted by Crippen LogP contribution is -2.00. The van der Waals surface area contributed by atoms with Gasteiger partial charge in [0, 0.05) is 16.6 Å². The molecule has 102 valence electrons. The lowest BCUT2D eigenvalue weighted by atomic mass is 10.2. The van der Waals surface area contributed by atoms with Gasteiger partial charge in [-0.05, 0) is 18.2 Å². The van der Waals surface area contributed by atoms with Gasteiger partial charge >= 0.3 is 5.97 Å². The third-order valence-corrected chi connectivity index (χ3v) is 2.81. The quantitative estimate of drug-likeness (QED) is 0.678. The van der Waals surface area contributed by atoms with Crippen molar-refractivity contribution in [1.29, 1.82) is 0 Å². The molecule has 7 nitrogen and oxygen atoms in total. The lowest BCUT2D eigenvalue weighted by Gasteiger charge is -2.07. The van der Waals surface area contributed by atoms with E-state index in [0.29, 0.717) is 4.47 Å². The van der Waals surface area contributed by atoms with Crippen molar-refractivity contribution in [2.45, 2.75) is 0 Å². The van der Waals surface area contributed by atoms with Crippen LogP contribution in [0.4, 0.5) is 5.69 Å². The third-order valence-electron chi connectivity index (χ3n) is 2.32. The summed E-state index contributed by atoms with van der Waals surface area (Å²) in [6.45, 7) is 0. The topological polar surface area (TPSA) is 103 Å². The van der Waals surface area contributed by atoms with Crippen LogP contribution in [0, 0.1) is 10.1 Å². The Balaban J connectivity index is 2.30. The van der Waals surface area contributed by atoms with Gasteiger partial charge in [0.1, 0.15) is 17.5 Å². The maximum atomic E-state index is 11.1. The van der Waals surface area contributed by atoms with E-state index in [0.717, 1.165) is 6.20 Å². The van der Waals surface area contributed by atoms with Crippen molar-refractivity contribution in [2.75, 3.05) is 0 Å². The molecule has 20 heavy (non-hydrogen) atoms. The highest BCUT2D eigenvalue weighted by Crippen LogP contribution is 2.27. The van der Waals surface area contributed by atoms with Crippen LogP contribution in [0.2, 0.25) is 0 Å². The molecule has 0 atom stereocenters. The predicted octanol–water partition coefficient (Wildman–Crippen LogP) is 3.24. The molecule has 1 N–H and O–H groups in total. The van der Waals surface area contributed by atoms with E-state index < -0.39 is 10.9 Å². The molecule has 0 saturated carbocycles. The second-order valence-corrected chi connectivity index (χ2v) is 4.58. The number of carboxylic acid groups (broad SMARTS) is 1. The SMILES string of the molecule is O=C(O)c1cc(Br)ccc1Oc1ccc([N+](=O)[O-])cn1. The van der Waals surface area contributed by atoms with Crippen molar-refractivity contribution in [3.8, 4) is 11.6 Å². The van der Waals surface area contributed by atoms with Gasteiger partial charge < -0.3 is 9.84 Å². The summed E-state index contributed by atoms with van der Waals surface area (Å²) in [5, 5.41) is 19.6. The molecule has 2 aromatic rings. The Hall–Kier alpha value is -2.48. The van der Waals surface area contributed by atoms with Crippen molar-refractivity contribution >= 4 is 27.6 Å². The zero-order valence-electron chi connectivity index (χ0n) is 9.82. The monoisotopic (exact) mass is 338 g/mol. The number of nitro groups is 1. The van der Waals surface area contributed by atoms with Gasteiger partial charge in [-0.3, -0.25) is 10.1 Å². The molecule has 0 radical (unpaired) electrons. The highest BCUT2D eigenvalue weighted by molar-refractivity contribution is 9.10. The van der Waals surface area contributed by atoms with Gasteiger partial charge in [0.15, 0.2) is 0 Å². The highest BCUT2D eigenvalue weighted by atomic mass is 79.9. The molecule has 0 amide bonds. The van der Waals surface area contributed by atoms with Crippen molar-refractivity contribution in [1.82, 2.24) is 4.98 Å². The molecule has 0 saturated heterocycles. The first kappa shape index (κ1) is 13.9. The first-order valence-electron chi connectivity index (χ1n) is 5.28. The molecule has 8 heteroatoms. The summed E-state index contributed by atoms with van der Waals surface area (Å²) in [6.07, 6.45) is 1.04. The summed E-state index contributed by atoms with van der Waals surface area (Å²) < 4.78 is 5.92. The van der Waals surface area contributed by atoms with Crippen LogP contribution in [0.3, 0.4) is 0 Å². The first-order valence-corrected chi connectivity index (χ1v) is 6.08. The van der Waals surface area contributed by atoms with Crippen molar-refractivity contribution in [3.05, 3.63) is 56.7 Å². The molecular weight excluding hydrogens is 332 g/mol. The molecule has 0 fully saturated rings. The predicted molar refractivity (Wildman–Crippen MR) is 72.1 cm³/mol. The van der Waals surface area contributed by atoms with Crippen LogP contribution in [0.1, 0.15) is 10.4 Å². The number of hydrogen-bond acceptors (Lipinski definition) is 5. The van der Waals surface area contributed by atoms with Gasteiger partial charge in [0.25, 0.3) is 5.69 Å². The molecule has 0 unspecified atom stereocenters. The number of pyridine rings is 1. The average molecular weight is 339 g/mol. The summed E-state index contributed by atoms with van der Waals surface area (Å²) in [5.74, 6) is -0.981. The number of hydrogen-bond donors (Lipinski definition) is 1. The number of ether oxygens (including phenoxy) is 1. The number of carboxylic acids is 1. The van der Waals surface area contributed by atoms with E-state index in [1.807, 2.05) is 0 Å². The van der Waals surface area contributed by atoms with E-state index in [9.17, 15) is 14.9 Å². The summed E-state index contributed by atoms with van der Waals surface area (Å²) in [7, 11) is 0. The van der Waals surface area contributed by atoms with Crippen molar-refractivity contribution in [3.63, 3.8) is 0 Å². The maximum Gasteiger partial charge on any atom is 0.339 e. The molecule has 1 aromatic carbocycles. The number of carbonyl (C=O) groups is 1. The Morgan fingerprint density at radius 2 is 2.10 bits per heavy atom. The largest absolute Gasteiger partial charge is 0.478 e. The van der Waals surface area contributed by atoms with Crippen LogP contribution in [-0.2, 0) is 0 Å². The van der Waals surface area contributed by atoms with Crippen molar-refractivity contribution < 1.29 is 19.6 Å². The second-order valence-electron chi connectivity index (χ2n) is 3.66. The van der Waals surface area contributed by atoms with Crippen LogP contribution < -0.4 is 4.74 Å². The minimum absolute atomic E-state index is 0.0421. The number of aromatic carboxylic acids is 1. The number of nitrogens with zero attached hydrogens (tertiary/aromatic N) is 2. The standard InChI is InChI=1S/C12H7BrN2O5/c13-7-1-3-10(9(5-7)12(16)17)20-11-4-2-8(6-14-11)15(18)19/h1-6H,(H,16,17). The normalized spacial score (nSPS) is 10.1. The molecule has 0 aliphatic heterocycles. The van der Waals surface area contributed by atoms with Gasteiger partial charge in [-0.15, -0.1) is 0 Å². The molecular formula is C12H7BrN2O5.